The number of benzene rings is 1. The maximum absolute atomic E-state index is 5.41. The van der Waals surface area contributed by atoms with Crippen LogP contribution in [0.4, 0.5) is 0 Å². The van der Waals surface area contributed by atoms with Crippen LogP contribution < -0.4 is 10.1 Å². The molecule has 1 aromatic rings. The van der Waals surface area contributed by atoms with E-state index >= 15 is 0 Å². The lowest BCUT2D eigenvalue weighted by molar-refractivity contribution is 0.388. The average Bonchev–Trinajstić information content (AvgIpc) is 2.29. The van der Waals surface area contributed by atoms with Gasteiger partial charge in [-0.25, -0.2) is 0 Å². The molecule has 1 aliphatic carbocycles. The fourth-order valence-corrected chi connectivity index (χ4v) is 2.63. The molecule has 82 valence electrons. The third-order valence-electron chi connectivity index (χ3n) is 3.56. The summed E-state index contributed by atoms with van der Waals surface area (Å²) in [6.45, 7) is 2.29. The van der Waals surface area contributed by atoms with E-state index in [1.807, 2.05) is 7.05 Å². The fourth-order valence-electron chi connectivity index (χ4n) is 2.63. The van der Waals surface area contributed by atoms with Crippen LogP contribution in [0, 0.1) is 0 Å². The van der Waals surface area contributed by atoms with E-state index < -0.39 is 0 Å². The van der Waals surface area contributed by atoms with E-state index in [2.05, 4.69) is 30.4 Å². The van der Waals surface area contributed by atoms with Gasteiger partial charge >= 0.3 is 0 Å². The van der Waals surface area contributed by atoms with E-state index in [1.54, 1.807) is 7.11 Å². The molecule has 0 heterocycles. The van der Waals surface area contributed by atoms with Crippen LogP contribution >= 0.6 is 0 Å². The van der Waals surface area contributed by atoms with E-state index in [9.17, 15) is 0 Å². The van der Waals surface area contributed by atoms with Crippen LogP contribution in [0.2, 0.25) is 0 Å². The number of hydrogen-bond acceptors (Lipinski definition) is 2. The van der Waals surface area contributed by atoms with E-state index in [1.165, 1.54) is 17.5 Å². The molecule has 0 fully saturated rings. The van der Waals surface area contributed by atoms with Crippen LogP contribution in [0.5, 0.6) is 5.75 Å². The number of likely N-dealkylation sites (N-methyl/N-ethyl adjacent to an activating group) is 1. The molecular weight excluding hydrogens is 186 g/mol. The first-order chi connectivity index (χ1) is 7.27. The molecule has 1 N–H and O–H groups in total. The van der Waals surface area contributed by atoms with Crippen LogP contribution in [0.1, 0.15) is 30.4 Å². The third-order valence-corrected chi connectivity index (χ3v) is 3.56. The zero-order valence-corrected chi connectivity index (χ0v) is 9.71. The van der Waals surface area contributed by atoms with Crippen molar-refractivity contribution in [3.8, 4) is 5.75 Å². The van der Waals surface area contributed by atoms with Crippen molar-refractivity contribution in [1.82, 2.24) is 5.32 Å². The molecule has 0 bridgehead atoms. The predicted molar refractivity (Wildman–Crippen MR) is 62.6 cm³/mol. The van der Waals surface area contributed by atoms with E-state index in [0.29, 0.717) is 12.0 Å². The van der Waals surface area contributed by atoms with Gasteiger partial charge in [-0.3, -0.25) is 0 Å². The van der Waals surface area contributed by atoms with Gasteiger partial charge in [-0.2, -0.15) is 0 Å². The zero-order valence-electron chi connectivity index (χ0n) is 9.71. The minimum atomic E-state index is 0.578. The first kappa shape index (κ1) is 10.5. The first-order valence-electron chi connectivity index (χ1n) is 5.61. The second kappa shape index (κ2) is 4.23. The van der Waals surface area contributed by atoms with Gasteiger partial charge in [-0.15, -0.1) is 0 Å². The van der Waals surface area contributed by atoms with Crippen molar-refractivity contribution in [2.45, 2.75) is 31.7 Å². The molecule has 2 rings (SSSR count). The SMILES string of the molecule is CNC1CCc2c(OC)cccc2C1C. The highest BCUT2D eigenvalue weighted by Gasteiger charge is 2.26. The van der Waals surface area contributed by atoms with E-state index in [0.717, 1.165) is 12.2 Å². The van der Waals surface area contributed by atoms with Gasteiger partial charge in [0, 0.05) is 6.04 Å². The molecule has 0 aliphatic heterocycles. The van der Waals surface area contributed by atoms with Crippen LogP contribution in [-0.4, -0.2) is 20.2 Å². The Balaban J connectivity index is 2.40. The van der Waals surface area contributed by atoms with Gasteiger partial charge < -0.3 is 10.1 Å². The predicted octanol–water partition coefficient (Wildman–Crippen LogP) is 2.33. The smallest absolute Gasteiger partial charge is 0.122 e. The third kappa shape index (κ3) is 1.74. The highest BCUT2D eigenvalue weighted by Crippen LogP contribution is 2.36. The van der Waals surface area contributed by atoms with Crippen molar-refractivity contribution < 1.29 is 4.74 Å². The van der Waals surface area contributed by atoms with Crippen molar-refractivity contribution in [2.24, 2.45) is 0 Å². The van der Waals surface area contributed by atoms with Crippen molar-refractivity contribution in [3.05, 3.63) is 29.3 Å². The summed E-state index contributed by atoms with van der Waals surface area (Å²) in [6, 6.07) is 6.98. The fraction of sp³-hybridized carbons (Fsp3) is 0.538. The summed E-state index contributed by atoms with van der Waals surface area (Å²) in [5, 5.41) is 3.39. The van der Waals surface area contributed by atoms with Crippen molar-refractivity contribution >= 4 is 0 Å². The molecule has 2 nitrogen and oxygen atoms in total. The first-order valence-corrected chi connectivity index (χ1v) is 5.61. The van der Waals surface area contributed by atoms with Crippen LogP contribution in [0.15, 0.2) is 18.2 Å². The molecule has 15 heavy (non-hydrogen) atoms. The Morgan fingerprint density at radius 1 is 1.40 bits per heavy atom. The van der Waals surface area contributed by atoms with Gasteiger partial charge in [0.05, 0.1) is 7.11 Å². The Morgan fingerprint density at radius 3 is 2.87 bits per heavy atom. The van der Waals surface area contributed by atoms with Crippen molar-refractivity contribution in [3.63, 3.8) is 0 Å². The van der Waals surface area contributed by atoms with Crippen LogP contribution in [0.3, 0.4) is 0 Å². The Morgan fingerprint density at radius 2 is 2.20 bits per heavy atom. The summed E-state index contributed by atoms with van der Waals surface area (Å²) < 4.78 is 5.41. The Bertz CT molecular complexity index is 348. The lowest BCUT2D eigenvalue weighted by Crippen LogP contribution is -2.34. The number of methoxy groups -OCH3 is 1. The summed E-state index contributed by atoms with van der Waals surface area (Å²) in [4.78, 5) is 0. The lowest BCUT2D eigenvalue weighted by atomic mass is 9.80. The summed E-state index contributed by atoms with van der Waals surface area (Å²) in [7, 11) is 3.80. The summed E-state index contributed by atoms with van der Waals surface area (Å²) in [5.41, 5.74) is 2.85. The molecule has 2 unspecified atom stereocenters. The summed E-state index contributed by atoms with van der Waals surface area (Å²) in [6.07, 6.45) is 2.32. The molecule has 2 heteroatoms. The number of fused-ring (bicyclic) bond motifs is 1. The maximum Gasteiger partial charge on any atom is 0.122 e. The number of nitrogens with one attached hydrogen (secondary N) is 1. The quantitative estimate of drug-likeness (QED) is 0.800. The molecule has 0 aromatic heterocycles. The monoisotopic (exact) mass is 205 g/mol. The molecular formula is C13H19NO. The molecule has 0 amide bonds. The normalized spacial score (nSPS) is 24.7. The second-order valence-electron chi connectivity index (χ2n) is 4.25. The van der Waals surface area contributed by atoms with Crippen molar-refractivity contribution in [1.29, 1.82) is 0 Å². The molecule has 0 radical (unpaired) electrons. The highest BCUT2D eigenvalue weighted by molar-refractivity contribution is 5.44. The highest BCUT2D eigenvalue weighted by atomic mass is 16.5. The number of hydrogen-bond donors (Lipinski definition) is 1. The Labute approximate surface area is 91.6 Å². The Kier molecular flexibility index (Phi) is 2.96. The summed E-state index contributed by atoms with van der Waals surface area (Å²) in [5.74, 6) is 1.63. The van der Waals surface area contributed by atoms with E-state index in [-0.39, 0.29) is 0 Å². The maximum atomic E-state index is 5.41. The van der Waals surface area contributed by atoms with Gasteiger partial charge in [0.25, 0.3) is 0 Å². The topological polar surface area (TPSA) is 21.3 Å². The van der Waals surface area contributed by atoms with Gasteiger partial charge in [0.15, 0.2) is 0 Å². The average molecular weight is 205 g/mol. The molecule has 1 aliphatic rings. The molecule has 0 spiro atoms. The standard InChI is InChI=1S/C13H19NO/c1-9-10-5-4-6-13(15-3)11(10)7-8-12(9)14-2/h4-6,9,12,14H,7-8H2,1-3H3. The number of ether oxygens (including phenoxy) is 1. The largest absolute Gasteiger partial charge is 0.496 e. The van der Waals surface area contributed by atoms with E-state index in [4.69, 9.17) is 4.74 Å². The molecule has 2 atom stereocenters. The van der Waals surface area contributed by atoms with Gasteiger partial charge in [0.2, 0.25) is 0 Å². The summed E-state index contributed by atoms with van der Waals surface area (Å²) >= 11 is 0. The van der Waals surface area contributed by atoms with Crippen LogP contribution in [0.25, 0.3) is 0 Å². The lowest BCUT2D eigenvalue weighted by Gasteiger charge is -2.31. The second-order valence-corrected chi connectivity index (χ2v) is 4.25. The zero-order chi connectivity index (χ0) is 10.8. The van der Waals surface area contributed by atoms with Crippen LogP contribution in [-0.2, 0) is 6.42 Å². The number of rotatable bonds is 2. The molecule has 1 aromatic carbocycles. The molecule has 0 saturated carbocycles. The van der Waals surface area contributed by atoms with Gasteiger partial charge in [-0.05, 0) is 43.0 Å². The van der Waals surface area contributed by atoms with Gasteiger partial charge in [0.1, 0.15) is 5.75 Å². The van der Waals surface area contributed by atoms with Crippen molar-refractivity contribution in [2.75, 3.05) is 14.2 Å². The minimum absolute atomic E-state index is 0.578. The van der Waals surface area contributed by atoms with Gasteiger partial charge in [-0.1, -0.05) is 19.1 Å². The minimum Gasteiger partial charge on any atom is -0.496 e. The Hall–Kier alpha value is -1.02. The molecule has 0 saturated heterocycles.